The number of ether oxygens (including phenoxy) is 2. The molecule has 6 nitrogen and oxygen atoms in total. The first-order chi connectivity index (χ1) is 18.0. The van der Waals surface area contributed by atoms with Gasteiger partial charge in [-0.05, 0) is 28.8 Å². The van der Waals surface area contributed by atoms with Crippen molar-refractivity contribution in [1.29, 1.82) is 0 Å². The van der Waals surface area contributed by atoms with Gasteiger partial charge in [0, 0.05) is 30.7 Å². The molecule has 0 aliphatic carbocycles. The van der Waals surface area contributed by atoms with Crippen molar-refractivity contribution in [3.05, 3.63) is 95.1 Å². The van der Waals surface area contributed by atoms with Gasteiger partial charge >= 0.3 is 0 Å². The standard InChI is InChI=1S/C29H30N2O4S2/c1-18-25(17-36-29-31-24-5-3-4-6-26(24)37-29)34-28(23-13-7-20(8-14-23)15-30-19(2)33)35-27(18)22-11-9-21(16-32)10-12-22/h3-14,18,25,27-28,32H,15-17H2,1-2H3,(H,30,33). The summed E-state index contributed by atoms with van der Waals surface area (Å²) in [6.07, 6.45) is -0.738. The molecule has 4 aromatic rings. The molecule has 8 heteroatoms. The summed E-state index contributed by atoms with van der Waals surface area (Å²) < 4.78 is 15.3. The Hall–Kier alpha value is -2.75. The van der Waals surface area contributed by atoms with E-state index >= 15 is 0 Å². The van der Waals surface area contributed by atoms with Crippen molar-refractivity contribution in [1.82, 2.24) is 10.3 Å². The Kier molecular flexibility index (Phi) is 8.22. The van der Waals surface area contributed by atoms with Crippen LogP contribution in [0.5, 0.6) is 0 Å². The molecule has 0 spiro atoms. The molecule has 1 aromatic heterocycles. The summed E-state index contributed by atoms with van der Waals surface area (Å²) in [5, 5.41) is 12.3. The van der Waals surface area contributed by atoms with Gasteiger partial charge in [-0.25, -0.2) is 4.98 Å². The second-order valence-corrected chi connectivity index (χ2v) is 11.5. The van der Waals surface area contributed by atoms with Crippen molar-refractivity contribution in [3.63, 3.8) is 0 Å². The van der Waals surface area contributed by atoms with Crippen molar-refractivity contribution < 1.29 is 19.4 Å². The SMILES string of the molecule is CC(=O)NCc1ccc(C2OC(CSc3nc4ccccc4s3)C(C)C(c3ccc(CO)cc3)O2)cc1. The van der Waals surface area contributed by atoms with Crippen LogP contribution in [0.1, 0.15) is 48.5 Å². The van der Waals surface area contributed by atoms with Gasteiger partial charge in [-0.2, -0.15) is 0 Å². The highest BCUT2D eigenvalue weighted by Crippen LogP contribution is 2.43. The van der Waals surface area contributed by atoms with Gasteiger partial charge in [-0.3, -0.25) is 4.79 Å². The van der Waals surface area contributed by atoms with Crippen LogP contribution in [-0.4, -0.2) is 27.9 Å². The van der Waals surface area contributed by atoms with Crippen molar-refractivity contribution in [2.75, 3.05) is 5.75 Å². The van der Waals surface area contributed by atoms with E-state index in [2.05, 4.69) is 18.3 Å². The second kappa shape index (κ2) is 11.8. The highest BCUT2D eigenvalue weighted by atomic mass is 32.2. The molecule has 4 atom stereocenters. The summed E-state index contributed by atoms with van der Waals surface area (Å²) in [6.45, 7) is 4.18. The fourth-order valence-electron chi connectivity index (χ4n) is 4.40. The molecular formula is C29H30N2O4S2. The number of fused-ring (bicyclic) bond motifs is 1. The third kappa shape index (κ3) is 6.22. The Morgan fingerprint density at radius 1 is 1.00 bits per heavy atom. The van der Waals surface area contributed by atoms with Crippen LogP contribution in [0.2, 0.25) is 0 Å². The number of carbonyl (C=O) groups is 1. The Labute approximate surface area is 225 Å². The number of para-hydroxylation sites is 1. The number of nitrogens with one attached hydrogen (secondary N) is 1. The smallest absolute Gasteiger partial charge is 0.217 e. The van der Waals surface area contributed by atoms with Crippen LogP contribution in [0.15, 0.2) is 77.1 Å². The molecule has 2 heterocycles. The lowest BCUT2D eigenvalue weighted by molar-refractivity contribution is -0.268. The first-order valence-corrected chi connectivity index (χ1v) is 14.1. The molecule has 1 saturated heterocycles. The number of hydrogen-bond acceptors (Lipinski definition) is 7. The number of benzene rings is 3. The third-order valence-electron chi connectivity index (χ3n) is 6.56. The molecule has 0 radical (unpaired) electrons. The molecule has 1 aliphatic rings. The Balaban J connectivity index is 1.36. The van der Waals surface area contributed by atoms with Crippen molar-refractivity contribution in [2.24, 2.45) is 5.92 Å². The normalized spacial score (nSPS) is 21.7. The predicted octanol–water partition coefficient (Wildman–Crippen LogP) is 6.01. The van der Waals surface area contributed by atoms with Crippen LogP contribution in [0.4, 0.5) is 0 Å². The number of hydrogen-bond donors (Lipinski definition) is 2. The molecular weight excluding hydrogens is 504 g/mol. The van der Waals surface area contributed by atoms with E-state index in [0.29, 0.717) is 6.54 Å². The highest BCUT2D eigenvalue weighted by molar-refractivity contribution is 8.01. The number of aromatic nitrogens is 1. The molecule has 1 aliphatic heterocycles. The van der Waals surface area contributed by atoms with E-state index in [1.165, 1.54) is 11.6 Å². The molecule has 3 aromatic carbocycles. The van der Waals surface area contributed by atoms with Gasteiger partial charge in [-0.15, -0.1) is 11.3 Å². The minimum Gasteiger partial charge on any atom is -0.392 e. The monoisotopic (exact) mass is 534 g/mol. The van der Waals surface area contributed by atoms with Crippen LogP contribution in [-0.2, 0) is 27.4 Å². The first-order valence-electron chi connectivity index (χ1n) is 12.3. The number of thioether (sulfide) groups is 1. The summed E-state index contributed by atoms with van der Waals surface area (Å²) >= 11 is 3.43. The molecule has 1 amide bonds. The highest BCUT2D eigenvalue weighted by Gasteiger charge is 2.38. The lowest BCUT2D eigenvalue weighted by atomic mass is 9.91. The Morgan fingerprint density at radius 2 is 1.70 bits per heavy atom. The number of aliphatic hydroxyl groups excluding tert-OH is 1. The average molecular weight is 535 g/mol. The average Bonchev–Trinajstić information content (AvgIpc) is 3.35. The molecule has 0 bridgehead atoms. The summed E-state index contributed by atoms with van der Waals surface area (Å²) in [7, 11) is 0. The number of aliphatic hydroxyl groups is 1. The zero-order chi connectivity index (χ0) is 25.8. The summed E-state index contributed by atoms with van der Waals surface area (Å²) in [5.41, 5.74) is 4.91. The van der Waals surface area contributed by atoms with E-state index in [4.69, 9.17) is 14.5 Å². The number of thiazole rings is 1. The maximum Gasteiger partial charge on any atom is 0.217 e. The van der Waals surface area contributed by atoms with Crippen LogP contribution in [0, 0.1) is 5.92 Å². The fourth-order valence-corrected chi connectivity index (χ4v) is 6.65. The minimum atomic E-state index is -0.519. The largest absolute Gasteiger partial charge is 0.392 e. The Bertz CT molecular complexity index is 1310. The molecule has 2 N–H and O–H groups in total. The molecule has 1 fully saturated rings. The van der Waals surface area contributed by atoms with E-state index < -0.39 is 6.29 Å². The zero-order valence-corrected chi connectivity index (χ0v) is 22.4. The van der Waals surface area contributed by atoms with Gasteiger partial charge < -0.3 is 19.9 Å². The van der Waals surface area contributed by atoms with E-state index in [1.807, 2.05) is 66.7 Å². The van der Waals surface area contributed by atoms with Crippen LogP contribution in [0.3, 0.4) is 0 Å². The van der Waals surface area contributed by atoms with E-state index in [-0.39, 0.29) is 30.6 Å². The number of carbonyl (C=O) groups excluding carboxylic acids is 1. The van der Waals surface area contributed by atoms with Crippen molar-refractivity contribution in [2.45, 2.75) is 49.8 Å². The summed E-state index contributed by atoms with van der Waals surface area (Å²) in [5.74, 6) is 0.810. The lowest BCUT2D eigenvalue weighted by Gasteiger charge is -2.41. The summed E-state index contributed by atoms with van der Waals surface area (Å²) in [4.78, 5) is 16.0. The fraction of sp³-hybridized carbons (Fsp3) is 0.310. The number of nitrogens with zero attached hydrogens (tertiary/aromatic N) is 1. The second-order valence-electron chi connectivity index (χ2n) is 9.23. The molecule has 0 saturated carbocycles. The molecule has 4 unspecified atom stereocenters. The van der Waals surface area contributed by atoms with Gasteiger partial charge in [0.25, 0.3) is 0 Å². The van der Waals surface area contributed by atoms with Crippen molar-refractivity contribution >= 4 is 39.2 Å². The van der Waals surface area contributed by atoms with Crippen LogP contribution >= 0.6 is 23.1 Å². The van der Waals surface area contributed by atoms with E-state index in [0.717, 1.165) is 37.9 Å². The van der Waals surface area contributed by atoms with Gasteiger partial charge in [0.05, 0.1) is 29.0 Å². The van der Waals surface area contributed by atoms with Gasteiger partial charge in [-0.1, -0.05) is 79.3 Å². The topological polar surface area (TPSA) is 80.7 Å². The van der Waals surface area contributed by atoms with Gasteiger partial charge in [0.1, 0.15) is 0 Å². The Morgan fingerprint density at radius 3 is 2.41 bits per heavy atom. The molecule has 37 heavy (non-hydrogen) atoms. The van der Waals surface area contributed by atoms with Crippen LogP contribution < -0.4 is 5.32 Å². The third-order valence-corrected chi connectivity index (χ3v) is 8.83. The number of amides is 1. The van der Waals surface area contributed by atoms with E-state index in [9.17, 15) is 9.90 Å². The zero-order valence-electron chi connectivity index (χ0n) is 20.8. The molecule has 192 valence electrons. The maximum atomic E-state index is 11.3. The molecule has 5 rings (SSSR count). The number of rotatable bonds is 8. The maximum absolute atomic E-state index is 11.3. The van der Waals surface area contributed by atoms with Gasteiger partial charge in [0.2, 0.25) is 5.91 Å². The first kappa shape index (κ1) is 25.9. The van der Waals surface area contributed by atoms with Gasteiger partial charge in [0.15, 0.2) is 10.6 Å². The minimum absolute atomic E-state index is 0.0133. The summed E-state index contributed by atoms with van der Waals surface area (Å²) in [6, 6.07) is 24.1. The van der Waals surface area contributed by atoms with Crippen molar-refractivity contribution in [3.8, 4) is 0 Å². The van der Waals surface area contributed by atoms with Crippen LogP contribution in [0.25, 0.3) is 10.2 Å². The quantitative estimate of drug-likeness (QED) is 0.270. The predicted molar refractivity (Wildman–Crippen MR) is 147 cm³/mol. The lowest BCUT2D eigenvalue weighted by Crippen LogP contribution is -2.38. The van der Waals surface area contributed by atoms with E-state index in [1.54, 1.807) is 23.1 Å².